The first kappa shape index (κ1) is 13.1. The van der Waals surface area contributed by atoms with E-state index in [0.29, 0.717) is 6.04 Å². The number of nitrogens with one attached hydrogen (secondary N) is 1. The fourth-order valence-corrected chi connectivity index (χ4v) is 3.29. The number of hydrogen-bond acceptors (Lipinski definition) is 2. The van der Waals surface area contributed by atoms with Crippen molar-refractivity contribution >= 4 is 0 Å². The van der Waals surface area contributed by atoms with E-state index in [1.54, 1.807) is 5.56 Å². The van der Waals surface area contributed by atoms with Gasteiger partial charge in [0.1, 0.15) is 0 Å². The molecule has 104 valence electrons. The first-order valence-corrected chi connectivity index (χ1v) is 7.77. The van der Waals surface area contributed by atoms with Crippen LogP contribution < -0.4 is 5.32 Å². The van der Waals surface area contributed by atoms with Crippen LogP contribution >= 0.6 is 0 Å². The van der Waals surface area contributed by atoms with Crippen molar-refractivity contribution in [3.05, 3.63) is 34.9 Å². The highest BCUT2D eigenvalue weighted by Gasteiger charge is 2.36. The Balaban J connectivity index is 1.84. The molecule has 0 spiro atoms. The van der Waals surface area contributed by atoms with E-state index in [0.717, 1.165) is 12.5 Å². The van der Waals surface area contributed by atoms with Crippen molar-refractivity contribution in [3.8, 4) is 0 Å². The van der Waals surface area contributed by atoms with E-state index in [4.69, 9.17) is 0 Å². The molecule has 1 heterocycles. The molecule has 1 atom stereocenters. The highest BCUT2D eigenvalue weighted by atomic mass is 15.2. The average Bonchev–Trinajstić information content (AvgIpc) is 3.22. The van der Waals surface area contributed by atoms with Crippen molar-refractivity contribution in [2.45, 2.75) is 39.2 Å². The molecule has 1 saturated heterocycles. The van der Waals surface area contributed by atoms with E-state index in [-0.39, 0.29) is 0 Å². The van der Waals surface area contributed by atoms with Crippen molar-refractivity contribution in [2.24, 2.45) is 5.92 Å². The summed E-state index contributed by atoms with van der Waals surface area (Å²) in [6.07, 6.45) is 4.12. The van der Waals surface area contributed by atoms with Gasteiger partial charge in [-0.25, -0.2) is 0 Å². The normalized spacial score (nSPS) is 23.1. The van der Waals surface area contributed by atoms with Crippen LogP contribution in [0.4, 0.5) is 0 Å². The van der Waals surface area contributed by atoms with Gasteiger partial charge >= 0.3 is 0 Å². The van der Waals surface area contributed by atoms with Crippen molar-refractivity contribution in [3.63, 3.8) is 0 Å². The van der Waals surface area contributed by atoms with Crippen LogP contribution in [0.5, 0.6) is 0 Å². The van der Waals surface area contributed by atoms with Gasteiger partial charge in [-0.1, -0.05) is 18.2 Å². The van der Waals surface area contributed by atoms with Crippen LogP contribution in [0.3, 0.4) is 0 Å². The number of nitrogens with zero attached hydrogens (tertiary/aromatic N) is 1. The molecule has 2 fully saturated rings. The summed E-state index contributed by atoms with van der Waals surface area (Å²) in [5.41, 5.74) is 4.40. The first-order chi connectivity index (χ1) is 9.25. The molecule has 1 aromatic rings. The fourth-order valence-electron chi connectivity index (χ4n) is 3.29. The maximum absolute atomic E-state index is 3.52. The van der Waals surface area contributed by atoms with E-state index in [9.17, 15) is 0 Å². The number of rotatable bonds is 3. The molecule has 0 amide bonds. The minimum absolute atomic E-state index is 0.666. The van der Waals surface area contributed by atoms with E-state index in [1.165, 1.54) is 50.0 Å². The Labute approximate surface area is 117 Å². The summed E-state index contributed by atoms with van der Waals surface area (Å²) in [7, 11) is 0. The molecule has 0 bridgehead atoms. The van der Waals surface area contributed by atoms with Crippen LogP contribution in [0.15, 0.2) is 18.2 Å². The molecule has 0 radical (unpaired) electrons. The average molecular weight is 258 g/mol. The largest absolute Gasteiger partial charge is 0.315 e. The van der Waals surface area contributed by atoms with Crippen LogP contribution in [0.2, 0.25) is 0 Å². The maximum Gasteiger partial charge on any atom is 0.0376 e. The topological polar surface area (TPSA) is 15.3 Å². The van der Waals surface area contributed by atoms with Gasteiger partial charge in [-0.05, 0) is 62.3 Å². The van der Waals surface area contributed by atoms with Crippen molar-refractivity contribution in [2.75, 3.05) is 26.2 Å². The second kappa shape index (κ2) is 5.64. The molecule has 0 aromatic heterocycles. The van der Waals surface area contributed by atoms with Crippen LogP contribution in [-0.2, 0) is 0 Å². The molecule has 1 aromatic carbocycles. The second-order valence-corrected chi connectivity index (χ2v) is 6.27. The molecule has 1 aliphatic carbocycles. The number of hydrogen-bond donors (Lipinski definition) is 1. The van der Waals surface area contributed by atoms with Crippen LogP contribution in [0, 0.1) is 19.8 Å². The van der Waals surface area contributed by atoms with Gasteiger partial charge in [-0.3, -0.25) is 4.90 Å². The van der Waals surface area contributed by atoms with Gasteiger partial charge < -0.3 is 5.32 Å². The summed E-state index contributed by atoms with van der Waals surface area (Å²) in [5.74, 6) is 0.903. The van der Waals surface area contributed by atoms with Gasteiger partial charge in [-0.2, -0.15) is 0 Å². The smallest absolute Gasteiger partial charge is 0.0376 e. The number of aryl methyl sites for hydroxylation is 2. The summed E-state index contributed by atoms with van der Waals surface area (Å²) in [6.45, 7) is 9.23. The Morgan fingerprint density at radius 1 is 1.11 bits per heavy atom. The lowest BCUT2D eigenvalue weighted by Crippen LogP contribution is -2.33. The molecule has 2 aliphatic rings. The monoisotopic (exact) mass is 258 g/mol. The van der Waals surface area contributed by atoms with Crippen molar-refractivity contribution in [1.29, 1.82) is 0 Å². The zero-order valence-corrected chi connectivity index (χ0v) is 12.3. The lowest BCUT2D eigenvalue weighted by atomic mass is 9.96. The van der Waals surface area contributed by atoms with Crippen LogP contribution in [-0.4, -0.2) is 31.1 Å². The first-order valence-electron chi connectivity index (χ1n) is 7.77. The predicted molar refractivity (Wildman–Crippen MR) is 80.4 cm³/mol. The third-order valence-corrected chi connectivity index (χ3v) is 4.71. The van der Waals surface area contributed by atoms with E-state index in [1.807, 2.05) is 0 Å². The highest BCUT2D eigenvalue weighted by Crippen LogP contribution is 2.44. The van der Waals surface area contributed by atoms with Crippen LogP contribution in [0.1, 0.15) is 42.0 Å². The Kier molecular flexibility index (Phi) is 3.90. The third kappa shape index (κ3) is 3.01. The second-order valence-electron chi connectivity index (χ2n) is 6.27. The third-order valence-electron chi connectivity index (χ3n) is 4.71. The summed E-state index contributed by atoms with van der Waals surface area (Å²) in [4.78, 5) is 2.72. The number of benzene rings is 1. The highest BCUT2D eigenvalue weighted by molar-refractivity contribution is 5.32. The molecular formula is C17H26N2. The van der Waals surface area contributed by atoms with Gasteiger partial charge in [0.15, 0.2) is 0 Å². The van der Waals surface area contributed by atoms with E-state index in [2.05, 4.69) is 42.3 Å². The van der Waals surface area contributed by atoms with Crippen molar-refractivity contribution < 1.29 is 0 Å². The molecule has 1 aliphatic heterocycles. The minimum atomic E-state index is 0.666. The summed E-state index contributed by atoms with van der Waals surface area (Å²) in [6, 6.07) is 7.76. The molecule has 1 unspecified atom stereocenters. The summed E-state index contributed by atoms with van der Waals surface area (Å²) >= 11 is 0. The van der Waals surface area contributed by atoms with E-state index >= 15 is 0 Å². The predicted octanol–water partition coefficient (Wildman–Crippen LogP) is 3.05. The Bertz CT molecular complexity index is 429. The Morgan fingerprint density at radius 3 is 2.68 bits per heavy atom. The van der Waals surface area contributed by atoms with Crippen LogP contribution in [0.25, 0.3) is 0 Å². The quantitative estimate of drug-likeness (QED) is 0.896. The van der Waals surface area contributed by atoms with Crippen molar-refractivity contribution in [1.82, 2.24) is 10.2 Å². The molecular weight excluding hydrogens is 232 g/mol. The lowest BCUT2D eigenvalue weighted by molar-refractivity contribution is 0.189. The Hall–Kier alpha value is -0.860. The lowest BCUT2D eigenvalue weighted by Gasteiger charge is -2.31. The molecule has 19 heavy (non-hydrogen) atoms. The van der Waals surface area contributed by atoms with Gasteiger partial charge in [0.2, 0.25) is 0 Å². The maximum atomic E-state index is 3.52. The zero-order chi connectivity index (χ0) is 13.2. The van der Waals surface area contributed by atoms with Gasteiger partial charge in [0, 0.05) is 25.7 Å². The van der Waals surface area contributed by atoms with E-state index < -0.39 is 0 Å². The molecule has 1 N–H and O–H groups in total. The Morgan fingerprint density at radius 2 is 1.95 bits per heavy atom. The zero-order valence-electron chi connectivity index (χ0n) is 12.3. The summed E-state index contributed by atoms with van der Waals surface area (Å²) in [5, 5.41) is 3.52. The minimum Gasteiger partial charge on any atom is -0.315 e. The molecule has 1 saturated carbocycles. The van der Waals surface area contributed by atoms with Gasteiger partial charge in [0.25, 0.3) is 0 Å². The van der Waals surface area contributed by atoms with Gasteiger partial charge in [0.05, 0.1) is 0 Å². The standard InChI is InChI=1S/C17H26N2/c1-13-4-5-16(12-14(13)2)17(15-6-7-15)19-10-3-8-18-9-11-19/h4-5,12,15,17-18H,3,6-11H2,1-2H3. The van der Waals surface area contributed by atoms with Gasteiger partial charge in [-0.15, -0.1) is 0 Å². The summed E-state index contributed by atoms with van der Waals surface area (Å²) < 4.78 is 0. The molecule has 2 heteroatoms. The molecule has 2 nitrogen and oxygen atoms in total. The SMILES string of the molecule is Cc1ccc(C(C2CC2)N2CCCNCC2)cc1C. The fraction of sp³-hybridized carbons (Fsp3) is 0.647. The molecule has 3 rings (SSSR count).